The molecule has 4 atom stereocenters. The van der Waals surface area contributed by atoms with Crippen LogP contribution in [0.5, 0.6) is 0 Å². The van der Waals surface area contributed by atoms with E-state index in [0.717, 1.165) is 0 Å². The molecule has 0 aromatic carbocycles. The van der Waals surface area contributed by atoms with Crippen molar-refractivity contribution in [3.63, 3.8) is 0 Å². The summed E-state index contributed by atoms with van der Waals surface area (Å²) < 4.78 is 4.44. The third-order valence-corrected chi connectivity index (χ3v) is 1.96. The number of hydrogen-bond acceptors (Lipinski definition) is 7. The molecule has 0 saturated carbocycles. The predicted octanol–water partition coefficient (Wildman–Crippen LogP) is -3.90. The van der Waals surface area contributed by atoms with Crippen molar-refractivity contribution >= 4 is 0 Å². The van der Waals surface area contributed by atoms with Gasteiger partial charge in [0.05, 0.1) is 6.61 Å². The van der Waals surface area contributed by atoms with Gasteiger partial charge in [0.15, 0.2) is 0 Å². The number of aliphatic hydroxyl groups is 6. The lowest BCUT2D eigenvalue weighted by atomic mass is 10.0. The van der Waals surface area contributed by atoms with Crippen LogP contribution in [0, 0.1) is 0 Å². The highest BCUT2D eigenvalue weighted by molar-refractivity contribution is 4.94. The molecule has 7 heteroatoms. The van der Waals surface area contributed by atoms with Gasteiger partial charge in [-0.2, -0.15) is 0 Å². The molecule has 1 heterocycles. The Balaban J connectivity index is 2.73. The van der Waals surface area contributed by atoms with Gasteiger partial charge in [-0.25, -0.2) is 0 Å². The van der Waals surface area contributed by atoms with E-state index in [4.69, 9.17) is 30.6 Å². The van der Waals surface area contributed by atoms with Gasteiger partial charge in [0, 0.05) is 0 Å². The van der Waals surface area contributed by atoms with Gasteiger partial charge in [-0.3, -0.25) is 0 Å². The van der Waals surface area contributed by atoms with Crippen LogP contribution < -0.4 is 0 Å². The maximum absolute atomic E-state index is 9.13. The molecule has 0 radical (unpaired) electrons. The lowest BCUT2D eigenvalue weighted by molar-refractivity contribution is -0.281. The maximum Gasteiger partial charge on any atom is 0.245 e. The molecule has 7 nitrogen and oxygen atoms in total. The standard InChI is InChI=1S/C6H12O7/c7-1-2(8)3-4(9)6(11,12)5(10)13-3/h2-5,7-12H,1H2/t2?,3-,4-,5+/m1/s1. The van der Waals surface area contributed by atoms with Crippen molar-refractivity contribution in [2.75, 3.05) is 6.61 Å². The fourth-order valence-electron chi connectivity index (χ4n) is 1.12. The van der Waals surface area contributed by atoms with Crippen LogP contribution in [0.1, 0.15) is 0 Å². The van der Waals surface area contributed by atoms with Crippen LogP contribution in [0.3, 0.4) is 0 Å². The molecule has 0 aliphatic carbocycles. The quantitative estimate of drug-likeness (QED) is 0.249. The van der Waals surface area contributed by atoms with Crippen molar-refractivity contribution < 1.29 is 35.4 Å². The minimum Gasteiger partial charge on any atom is -0.394 e. The first-order chi connectivity index (χ1) is 5.91. The molecule has 0 aromatic heterocycles. The van der Waals surface area contributed by atoms with Crippen LogP contribution in [0.4, 0.5) is 0 Å². The van der Waals surface area contributed by atoms with Gasteiger partial charge in [-0.05, 0) is 0 Å². The predicted molar refractivity (Wildman–Crippen MR) is 37.1 cm³/mol. The highest BCUT2D eigenvalue weighted by Crippen LogP contribution is 2.29. The van der Waals surface area contributed by atoms with Gasteiger partial charge in [0.25, 0.3) is 0 Å². The Morgan fingerprint density at radius 2 is 1.85 bits per heavy atom. The van der Waals surface area contributed by atoms with Gasteiger partial charge in [-0.15, -0.1) is 0 Å². The van der Waals surface area contributed by atoms with Crippen LogP contribution in [-0.2, 0) is 4.74 Å². The van der Waals surface area contributed by atoms with E-state index in [1.54, 1.807) is 0 Å². The topological polar surface area (TPSA) is 131 Å². The Kier molecular flexibility index (Phi) is 2.88. The normalized spacial score (nSPS) is 40.6. The maximum atomic E-state index is 9.13. The Bertz CT molecular complexity index is 182. The lowest BCUT2D eigenvalue weighted by Crippen LogP contribution is -2.50. The van der Waals surface area contributed by atoms with E-state index >= 15 is 0 Å². The molecule has 13 heavy (non-hydrogen) atoms. The number of ether oxygens (including phenoxy) is 1. The molecule has 6 N–H and O–H groups in total. The lowest BCUT2D eigenvalue weighted by Gasteiger charge is -2.22. The first kappa shape index (κ1) is 10.8. The van der Waals surface area contributed by atoms with Gasteiger partial charge < -0.3 is 35.4 Å². The third-order valence-electron chi connectivity index (χ3n) is 1.96. The van der Waals surface area contributed by atoms with E-state index in [0.29, 0.717) is 0 Å². The molecular weight excluding hydrogens is 184 g/mol. The van der Waals surface area contributed by atoms with Crippen molar-refractivity contribution in [3.05, 3.63) is 0 Å². The molecule has 0 bridgehead atoms. The van der Waals surface area contributed by atoms with Gasteiger partial charge >= 0.3 is 0 Å². The third kappa shape index (κ3) is 1.67. The molecule has 0 amide bonds. The van der Waals surface area contributed by atoms with E-state index in [1.807, 2.05) is 0 Å². The highest BCUT2D eigenvalue weighted by atomic mass is 16.7. The van der Waals surface area contributed by atoms with Crippen LogP contribution in [0.25, 0.3) is 0 Å². The molecule has 0 aromatic rings. The zero-order chi connectivity index (χ0) is 10.2. The zero-order valence-electron chi connectivity index (χ0n) is 6.61. The van der Waals surface area contributed by atoms with Crippen molar-refractivity contribution in [3.8, 4) is 0 Å². The van der Waals surface area contributed by atoms with Crippen molar-refractivity contribution in [1.82, 2.24) is 0 Å². The minimum absolute atomic E-state index is 0.718. The zero-order valence-corrected chi connectivity index (χ0v) is 6.61. The smallest absolute Gasteiger partial charge is 0.245 e. The molecular formula is C6H12O7. The summed E-state index contributed by atoms with van der Waals surface area (Å²) in [4.78, 5) is 0. The first-order valence-electron chi connectivity index (χ1n) is 3.66. The first-order valence-corrected chi connectivity index (χ1v) is 3.66. The van der Waals surface area contributed by atoms with Crippen molar-refractivity contribution in [1.29, 1.82) is 0 Å². The van der Waals surface area contributed by atoms with Crippen LogP contribution >= 0.6 is 0 Å². The monoisotopic (exact) mass is 196 g/mol. The Labute approximate surface area is 73.4 Å². The minimum atomic E-state index is -2.82. The highest BCUT2D eigenvalue weighted by Gasteiger charge is 2.56. The number of rotatable bonds is 2. The number of hydrogen-bond donors (Lipinski definition) is 6. The summed E-state index contributed by atoms with van der Waals surface area (Å²) in [5.74, 6) is -2.82. The second kappa shape index (κ2) is 3.46. The Hall–Kier alpha value is -0.280. The summed E-state index contributed by atoms with van der Waals surface area (Å²) >= 11 is 0. The van der Waals surface area contributed by atoms with Crippen LogP contribution in [-0.4, -0.2) is 67.6 Å². The summed E-state index contributed by atoms with van der Waals surface area (Å²) in [6, 6.07) is 0. The molecule has 1 aliphatic heterocycles. The molecule has 78 valence electrons. The molecule has 1 aliphatic rings. The van der Waals surface area contributed by atoms with E-state index in [2.05, 4.69) is 4.74 Å². The van der Waals surface area contributed by atoms with Gasteiger partial charge in [0.2, 0.25) is 12.1 Å². The van der Waals surface area contributed by atoms with Crippen LogP contribution in [0.2, 0.25) is 0 Å². The SMILES string of the molecule is OCC(O)[C@H]1O[C@H](O)C(O)(O)[C@@H]1O. The van der Waals surface area contributed by atoms with Crippen molar-refractivity contribution in [2.45, 2.75) is 30.4 Å². The molecule has 1 unspecified atom stereocenters. The Morgan fingerprint density at radius 3 is 2.15 bits per heavy atom. The average molecular weight is 196 g/mol. The number of aliphatic hydroxyl groups excluding tert-OH is 4. The average Bonchev–Trinajstić information content (AvgIpc) is 2.28. The molecule has 1 saturated heterocycles. The Morgan fingerprint density at radius 1 is 1.31 bits per heavy atom. The second-order valence-corrected chi connectivity index (χ2v) is 2.93. The summed E-state index contributed by atoms with van der Waals surface area (Å²) in [5, 5.41) is 53.5. The van der Waals surface area contributed by atoms with E-state index in [-0.39, 0.29) is 0 Å². The fraction of sp³-hybridized carbons (Fsp3) is 1.00. The summed E-state index contributed by atoms with van der Waals surface area (Å²) in [5.41, 5.74) is 0. The van der Waals surface area contributed by atoms with Gasteiger partial charge in [-0.1, -0.05) is 0 Å². The summed E-state index contributed by atoms with van der Waals surface area (Å²) in [7, 11) is 0. The van der Waals surface area contributed by atoms with E-state index in [1.165, 1.54) is 0 Å². The van der Waals surface area contributed by atoms with E-state index in [9.17, 15) is 0 Å². The second-order valence-electron chi connectivity index (χ2n) is 2.93. The molecule has 0 spiro atoms. The molecule has 1 fully saturated rings. The van der Waals surface area contributed by atoms with Crippen molar-refractivity contribution in [2.24, 2.45) is 0 Å². The fourth-order valence-corrected chi connectivity index (χ4v) is 1.12. The largest absolute Gasteiger partial charge is 0.394 e. The summed E-state index contributed by atoms with van der Waals surface area (Å²) in [6.07, 6.45) is -6.78. The van der Waals surface area contributed by atoms with E-state index < -0.39 is 37.0 Å². The van der Waals surface area contributed by atoms with Crippen LogP contribution in [0.15, 0.2) is 0 Å². The summed E-state index contributed by atoms with van der Waals surface area (Å²) in [6.45, 7) is -0.718. The van der Waals surface area contributed by atoms with Gasteiger partial charge in [0.1, 0.15) is 18.3 Å². The molecule has 1 rings (SSSR count).